The van der Waals surface area contributed by atoms with Gasteiger partial charge in [0.15, 0.2) is 17.0 Å². The fourth-order valence-electron chi connectivity index (χ4n) is 7.59. The number of tetrazole rings is 1. The van der Waals surface area contributed by atoms with Crippen LogP contribution in [0.1, 0.15) is 85.7 Å². The molecule has 11 N–H and O–H groups in total. The summed E-state index contributed by atoms with van der Waals surface area (Å²) in [5.74, 6) is -2.47. The number of nitrogens with zero attached hydrogens (tertiary/aromatic N) is 9. The number of anilines is 4. The van der Waals surface area contributed by atoms with Crippen molar-refractivity contribution in [2.75, 3.05) is 41.3 Å². The third kappa shape index (κ3) is 14.4. The lowest BCUT2D eigenvalue weighted by atomic mass is 10.0. The fraction of sp³-hybridized carbons (Fsp3) is 0.354. The molecule has 5 aromatic rings. The SMILES string of the molecule is C#CCN(Cc1cnc2nc(N)nc(N)c2n1)c1ccc(C(=O)N[C@@H](CCCNC(=O)c2ccc(NC(=O)[C@H](C)NC(=O)[C@@H](NC(=O)CCCCCN3C(=O)C=CC3=O)C(C)C)cc2-c2nn[nH]n2)C(=O)O)cc1. The van der Waals surface area contributed by atoms with E-state index in [0.29, 0.717) is 30.6 Å². The van der Waals surface area contributed by atoms with Gasteiger partial charge >= 0.3 is 5.97 Å². The summed E-state index contributed by atoms with van der Waals surface area (Å²) >= 11 is 0. The molecule has 1 aliphatic heterocycles. The van der Waals surface area contributed by atoms with Crippen molar-refractivity contribution in [3.05, 3.63) is 77.6 Å². The number of fused-ring (bicyclic) bond motifs is 1. The number of carboxylic acid groups (broad SMARTS) is 1. The number of carbonyl (C=O) groups is 8. The molecule has 26 heteroatoms. The van der Waals surface area contributed by atoms with Crippen molar-refractivity contribution in [3.8, 4) is 23.7 Å². The summed E-state index contributed by atoms with van der Waals surface area (Å²) < 4.78 is 0. The smallest absolute Gasteiger partial charge is 0.326 e. The number of imide groups is 1. The molecule has 74 heavy (non-hydrogen) atoms. The summed E-state index contributed by atoms with van der Waals surface area (Å²) in [6, 6.07) is 7.36. The Morgan fingerprint density at radius 3 is 2.30 bits per heavy atom. The Morgan fingerprint density at radius 1 is 0.878 bits per heavy atom. The number of amides is 7. The van der Waals surface area contributed by atoms with Crippen LogP contribution in [0.15, 0.2) is 60.8 Å². The molecule has 4 heterocycles. The number of benzene rings is 2. The molecule has 6 rings (SSSR count). The number of rotatable bonds is 25. The number of nitrogens with two attached hydrogens (primary N) is 2. The van der Waals surface area contributed by atoms with Crippen LogP contribution in [-0.4, -0.2) is 136 Å². The maximum atomic E-state index is 13.5. The summed E-state index contributed by atoms with van der Waals surface area (Å²) in [5.41, 5.74) is 14.0. The van der Waals surface area contributed by atoms with E-state index in [-0.39, 0.29) is 120 Å². The van der Waals surface area contributed by atoms with Gasteiger partial charge in [-0.1, -0.05) is 26.2 Å². The van der Waals surface area contributed by atoms with E-state index in [2.05, 4.69) is 73.1 Å². The molecule has 0 radical (unpaired) electrons. The molecule has 1 aliphatic rings. The highest BCUT2D eigenvalue weighted by Crippen LogP contribution is 2.25. The lowest BCUT2D eigenvalue weighted by Crippen LogP contribution is -2.53. The van der Waals surface area contributed by atoms with Crippen molar-refractivity contribution >= 4 is 81.6 Å². The highest BCUT2D eigenvalue weighted by atomic mass is 16.4. The number of aromatic amines is 1. The van der Waals surface area contributed by atoms with Crippen LogP contribution in [0, 0.1) is 18.3 Å². The normalized spacial score (nSPS) is 13.2. The lowest BCUT2D eigenvalue weighted by molar-refractivity contribution is -0.139. The average Bonchev–Trinajstić information content (AvgIpc) is 4.03. The minimum Gasteiger partial charge on any atom is -0.480 e. The van der Waals surface area contributed by atoms with Crippen LogP contribution < -0.4 is 43.0 Å². The van der Waals surface area contributed by atoms with Gasteiger partial charge in [-0.15, -0.1) is 16.6 Å². The van der Waals surface area contributed by atoms with Gasteiger partial charge in [0, 0.05) is 54.2 Å². The fourth-order valence-corrected chi connectivity index (χ4v) is 7.59. The molecular formula is C48H55N17O9. The standard InChI is InChI=1S/C48H55N17O9/c1-5-21-64(25-30-24-52-42-39(54-30)40(49)58-48(50)59-42)31-15-12-28(13-16-31)44(70)56-34(47(73)74)10-9-20-51-45(71)32-17-14-29(23-33(32)41-60-62-63-61-41)55-43(69)27(4)53-46(72)38(26(2)3)57-35(66)11-7-6-8-22-65-36(67)18-19-37(65)68/h1,12-19,23-24,26-27,34,38H,6-11,20-22,25H2,2-4H3,(H,51,71)(H,53,72)(H,55,69)(H,56,70)(H,57,66)(H,73,74)(H,60,61,62,63)(H4,49,50,52,58,59)/t27-,34-,38-/m0/s1. The molecule has 0 fully saturated rings. The van der Waals surface area contributed by atoms with Gasteiger partial charge in [0.05, 0.1) is 30.5 Å². The second-order valence-corrected chi connectivity index (χ2v) is 17.3. The Bertz CT molecular complexity index is 2960. The van der Waals surface area contributed by atoms with E-state index in [1.165, 1.54) is 55.6 Å². The molecule has 0 spiro atoms. The van der Waals surface area contributed by atoms with Crippen LogP contribution in [0.4, 0.5) is 23.1 Å². The van der Waals surface area contributed by atoms with E-state index in [1.54, 1.807) is 30.9 Å². The zero-order chi connectivity index (χ0) is 53.5. The summed E-state index contributed by atoms with van der Waals surface area (Å²) in [6.07, 6.45) is 11.4. The van der Waals surface area contributed by atoms with Crippen LogP contribution in [0.3, 0.4) is 0 Å². The van der Waals surface area contributed by atoms with E-state index in [0.717, 1.165) is 4.90 Å². The van der Waals surface area contributed by atoms with Gasteiger partial charge in [0.2, 0.25) is 29.5 Å². The van der Waals surface area contributed by atoms with Crippen molar-refractivity contribution in [2.24, 2.45) is 5.92 Å². The third-order valence-corrected chi connectivity index (χ3v) is 11.5. The maximum Gasteiger partial charge on any atom is 0.326 e. The zero-order valence-electron chi connectivity index (χ0n) is 40.6. The number of terminal acetylenes is 1. The first-order valence-corrected chi connectivity index (χ1v) is 23.4. The Kier molecular flexibility index (Phi) is 18.3. The van der Waals surface area contributed by atoms with Crippen LogP contribution >= 0.6 is 0 Å². The summed E-state index contributed by atoms with van der Waals surface area (Å²) in [7, 11) is 0. The van der Waals surface area contributed by atoms with Gasteiger partial charge in [-0.3, -0.25) is 38.5 Å². The predicted octanol–water partition coefficient (Wildman–Crippen LogP) is 0.867. The highest BCUT2D eigenvalue weighted by molar-refractivity contribution is 6.13. The number of aromatic nitrogens is 8. The molecular weight excluding hydrogens is 959 g/mol. The first kappa shape index (κ1) is 53.9. The zero-order valence-corrected chi connectivity index (χ0v) is 40.6. The highest BCUT2D eigenvalue weighted by Gasteiger charge is 2.28. The lowest BCUT2D eigenvalue weighted by Gasteiger charge is -2.24. The van der Waals surface area contributed by atoms with Crippen molar-refractivity contribution in [1.82, 2.24) is 66.7 Å². The second kappa shape index (κ2) is 25.1. The van der Waals surface area contributed by atoms with E-state index in [9.17, 15) is 43.5 Å². The second-order valence-electron chi connectivity index (χ2n) is 17.3. The molecule has 0 saturated heterocycles. The van der Waals surface area contributed by atoms with Crippen LogP contribution in [0.5, 0.6) is 0 Å². The molecule has 3 aromatic heterocycles. The van der Waals surface area contributed by atoms with E-state index >= 15 is 0 Å². The quantitative estimate of drug-likeness (QED) is 0.0222. The number of carbonyl (C=O) groups excluding carboxylic acids is 7. The molecule has 26 nitrogen and oxygen atoms in total. The first-order chi connectivity index (χ1) is 35.4. The number of aliphatic carboxylic acids is 1. The van der Waals surface area contributed by atoms with Crippen molar-refractivity contribution in [2.45, 2.75) is 84.0 Å². The number of nitrogen functional groups attached to an aromatic ring is 2. The minimum atomic E-state index is -1.30. The topological polar surface area (TPSA) is 381 Å². The van der Waals surface area contributed by atoms with E-state index < -0.39 is 47.7 Å². The van der Waals surface area contributed by atoms with Crippen molar-refractivity contribution < 1.29 is 43.5 Å². The molecule has 386 valence electrons. The summed E-state index contributed by atoms with van der Waals surface area (Å²) in [5, 5.41) is 37.2. The average molecular weight is 1010 g/mol. The first-order valence-electron chi connectivity index (χ1n) is 23.4. The molecule has 0 unspecified atom stereocenters. The molecule has 0 bridgehead atoms. The maximum absolute atomic E-state index is 13.5. The molecule has 0 saturated carbocycles. The van der Waals surface area contributed by atoms with Crippen LogP contribution in [0.2, 0.25) is 0 Å². The molecule has 3 atom stereocenters. The van der Waals surface area contributed by atoms with E-state index in [1.807, 2.05) is 0 Å². The van der Waals surface area contributed by atoms with Crippen LogP contribution in [-0.2, 0) is 35.3 Å². The van der Waals surface area contributed by atoms with Gasteiger partial charge in [-0.2, -0.15) is 15.2 Å². The number of hydrogen-bond donors (Lipinski definition) is 9. The predicted molar refractivity (Wildman–Crippen MR) is 268 cm³/mol. The van der Waals surface area contributed by atoms with E-state index in [4.69, 9.17) is 17.9 Å². The van der Waals surface area contributed by atoms with Gasteiger partial charge in [0.1, 0.15) is 18.1 Å². The van der Waals surface area contributed by atoms with Gasteiger partial charge in [-0.25, -0.2) is 14.8 Å². The Labute approximate surface area is 423 Å². The van der Waals surface area contributed by atoms with Gasteiger partial charge in [0.25, 0.3) is 23.6 Å². The van der Waals surface area contributed by atoms with Gasteiger partial charge in [-0.05, 0) is 86.2 Å². The Morgan fingerprint density at radius 2 is 1.62 bits per heavy atom. The van der Waals surface area contributed by atoms with Crippen molar-refractivity contribution in [3.63, 3.8) is 0 Å². The molecule has 0 aliphatic carbocycles. The largest absolute Gasteiger partial charge is 0.480 e. The summed E-state index contributed by atoms with van der Waals surface area (Å²) in [4.78, 5) is 121. The number of H-pyrrole nitrogens is 1. The number of hydrogen-bond acceptors (Lipinski definition) is 18. The Balaban J connectivity index is 0.976. The number of nitrogens with one attached hydrogen (secondary N) is 6. The number of carboxylic acids is 1. The monoisotopic (exact) mass is 1010 g/mol. The van der Waals surface area contributed by atoms with Crippen LogP contribution in [0.25, 0.3) is 22.6 Å². The summed E-state index contributed by atoms with van der Waals surface area (Å²) in [6.45, 7) is 5.61. The third-order valence-electron chi connectivity index (χ3n) is 11.5. The molecule has 7 amide bonds. The van der Waals surface area contributed by atoms with Crippen molar-refractivity contribution in [1.29, 1.82) is 0 Å². The number of unbranched alkanes of at least 4 members (excludes halogenated alkanes) is 2. The molecule has 2 aromatic carbocycles. The minimum absolute atomic E-state index is 0.00988. The Hall–Kier alpha value is -9.41. The van der Waals surface area contributed by atoms with Gasteiger partial charge < -0.3 is 48.1 Å².